The van der Waals surface area contributed by atoms with Gasteiger partial charge in [0.1, 0.15) is 5.82 Å². The Morgan fingerprint density at radius 1 is 1.31 bits per heavy atom. The molecule has 0 aromatic carbocycles. The molecular formula is C12H14F2N2. The lowest BCUT2D eigenvalue weighted by atomic mass is 9.99. The van der Waals surface area contributed by atoms with E-state index in [0.29, 0.717) is 13.0 Å². The second kappa shape index (κ2) is 3.40. The number of fused-ring (bicyclic) bond motifs is 1. The molecule has 1 aliphatic heterocycles. The number of pyridine rings is 1. The van der Waals surface area contributed by atoms with Crippen LogP contribution in [0.1, 0.15) is 12.8 Å². The highest BCUT2D eigenvalue weighted by atomic mass is 19.3. The zero-order chi connectivity index (χ0) is 11.2. The fourth-order valence-electron chi connectivity index (χ4n) is 2.93. The first-order chi connectivity index (χ1) is 7.67. The Bertz CT molecular complexity index is 380. The number of rotatable bonds is 1. The number of hydrogen-bond donors (Lipinski definition) is 0. The Morgan fingerprint density at radius 3 is 2.88 bits per heavy atom. The van der Waals surface area contributed by atoms with Crippen LogP contribution in [0.2, 0.25) is 0 Å². The van der Waals surface area contributed by atoms with Gasteiger partial charge in [0.05, 0.1) is 0 Å². The number of alkyl halides is 2. The van der Waals surface area contributed by atoms with E-state index < -0.39 is 11.8 Å². The highest BCUT2D eigenvalue weighted by Gasteiger charge is 2.54. The second-order valence-corrected chi connectivity index (χ2v) is 4.76. The highest BCUT2D eigenvalue weighted by Crippen LogP contribution is 2.48. The summed E-state index contributed by atoms with van der Waals surface area (Å²) in [5.41, 5.74) is 0. The molecule has 2 aliphatic rings. The number of halogens is 2. The van der Waals surface area contributed by atoms with Gasteiger partial charge in [-0.05, 0) is 24.5 Å². The summed E-state index contributed by atoms with van der Waals surface area (Å²) in [6, 6.07) is 5.63. The van der Waals surface area contributed by atoms with Crippen molar-refractivity contribution in [2.45, 2.75) is 18.8 Å². The molecule has 0 amide bonds. The van der Waals surface area contributed by atoms with Gasteiger partial charge in [-0.15, -0.1) is 0 Å². The minimum atomic E-state index is -2.46. The fourth-order valence-corrected chi connectivity index (χ4v) is 2.93. The minimum absolute atomic E-state index is 0.0678. The van der Waals surface area contributed by atoms with Gasteiger partial charge in [0, 0.05) is 31.6 Å². The van der Waals surface area contributed by atoms with Gasteiger partial charge >= 0.3 is 0 Å². The molecule has 86 valence electrons. The van der Waals surface area contributed by atoms with Crippen molar-refractivity contribution in [2.24, 2.45) is 11.8 Å². The van der Waals surface area contributed by atoms with Crippen molar-refractivity contribution in [2.75, 3.05) is 18.0 Å². The first-order valence-electron chi connectivity index (χ1n) is 5.70. The lowest BCUT2D eigenvalue weighted by molar-refractivity contribution is -0.0351. The van der Waals surface area contributed by atoms with E-state index in [9.17, 15) is 8.78 Å². The molecule has 4 heteroatoms. The van der Waals surface area contributed by atoms with E-state index in [1.807, 2.05) is 23.1 Å². The molecule has 0 radical (unpaired) electrons. The predicted molar refractivity (Wildman–Crippen MR) is 57.6 cm³/mol. The van der Waals surface area contributed by atoms with Crippen molar-refractivity contribution in [1.29, 1.82) is 0 Å². The fraction of sp³-hybridized carbons (Fsp3) is 0.583. The SMILES string of the molecule is FC1(F)CC[C@@H]2CN(c3ccccn3)C[C@@H]21. The topological polar surface area (TPSA) is 16.1 Å². The molecule has 1 saturated carbocycles. The van der Waals surface area contributed by atoms with E-state index in [4.69, 9.17) is 0 Å². The smallest absolute Gasteiger partial charge is 0.252 e. The summed E-state index contributed by atoms with van der Waals surface area (Å²) in [6.45, 7) is 1.19. The number of nitrogens with zero attached hydrogens (tertiary/aromatic N) is 2. The maximum atomic E-state index is 13.5. The quantitative estimate of drug-likeness (QED) is 0.728. The van der Waals surface area contributed by atoms with Crippen LogP contribution in [0.5, 0.6) is 0 Å². The van der Waals surface area contributed by atoms with Crippen LogP contribution in [0.25, 0.3) is 0 Å². The predicted octanol–water partition coefficient (Wildman–Crippen LogP) is 2.56. The van der Waals surface area contributed by atoms with E-state index in [0.717, 1.165) is 12.4 Å². The first-order valence-corrected chi connectivity index (χ1v) is 5.70. The Kier molecular flexibility index (Phi) is 2.13. The highest BCUT2D eigenvalue weighted by molar-refractivity contribution is 5.40. The van der Waals surface area contributed by atoms with Crippen molar-refractivity contribution in [1.82, 2.24) is 4.98 Å². The zero-order valence-electron chi connectivity index (χ0n) is 8.94. The summed E-state index contributed by atoms with van der Waals surface area (Å²) in [5, 5.41) is 0. The molecule has 3 rings (SSSR count). The van der Waals surface area contributed by atoms with Gasteiger partial charge < -0.3 is 4.90 Å². The summed E-state index contributed by atoms with van der Waals surface area (Å²) in [6.07, 6.45) is 2.43. The summed E-state index contributed by atoms with van der Waals surface area (Å²) in [7, 11) is 0. The summed E-state index contributed by atoms with van der Waals surface area (Å²) >= 11 is 0. The molecule has 16 heavy (non-hydrogen) atoms. The van der Waals surface area contributed by atoms with Gasteiger partial charge in [0.15, 0.2) is 0 Å². The Hall–Kier alpha value is -1.19. The Balaban J connectivity index is 1.80. The lowest BCUT2D eigenvalue weighted by Crippen LogP contribution is -2.29. The van der Waals surface area contributed by atoms with Crippen LogP contribution in [-0.4, -0.2) is 24.0 Å². The Labute approximate surface area is 93.3 Å². The molecule has 1 aliphatic carbocycles. The molecule has 0 bridgehead atoms. The number of anilines is 1. The normalized spacial score (nSPS) is 31.8. The second-order valence-electron chi connectivity index (χ2n) is 4.76. The number of aromatic nitrogens is 1. The van der Waals surface area contributed by atoms with Gasteiger partial charge in [-0.3, -0.25) is 0 Å². The van der Waals surface area contributed by atoms with Gasteiger partial charge in [-0.25, -0.2) is 13.8 Å². The van der Waals surface area contributed by atoms with E-state index in [1.54, 1.807) is 6.20 Å². The maximum Gasteiger partial charge on any atom is 0.252 e. The van der Waals surface area contributed by atoms with Crippen LogP contribution in [0, 0.1) is 11.8 Å². The van der Waals surface area contributed by atoms with Gasteiger partial charge in [-0.2, -0.15) is 0 Å². The largest absolute Gasteiger partial charge is 0.356 e. The van der Waals surface area contributed by atoms with E-state index in [1.165, 1.54) is 0 Å². The molecule has 2 fully saturated rings. The van der Waals surface area contributed by atoms with Crippen molar-refractivity contribution < 1.29 is 8.78 Å². The standard InChI is InChI=1S/C12H14F2N2/c13-12(14)5-4-9-7-16(8-10(9)12)11-3-1-2-6-15-11/h1-3,6,9-10H,4-5,7-8H2/t9-,10+/m1/s1. The molecule has 1 aromatic heterocycles. The third kappa shape index (κ3) is 1.47. The van der Waals surface area contributed by atoms with Gasteiger partial charge in [0.2, 0.25) is 0 Å². The molecule has 2 nitrogen and oxygen atoms in total. The molecule has 0 spiro atoms. The average molecular weight is 224 g/mol. The van der Waals surface area contributed by atoms with Crippen molar-refractivity contribution >= 4 is 5.82 Å². The van der Waals surface area contributed by atoms with E-state index in [2.05, 4.69) is 4.98 Å². The molecule has 2 atom stereocenters. The Morgan fingerprint density at radius 2 is 2.19 bits per heavy atom. The summed E-state index contributed by atoms with van der Waals surface area (Å²) < 4.78 is 27.1. The molecule has 1 saturated heterocycles. The van der Waals surface area contributed by atoms with Crippen molar-refractivity contribution in [3.05, 3.63) is 24.4 Å². The average Bonchev–Trinajstić information content (AvgIpc) is 2.82. The summed E-state index contributed by atoms with van der Waals surface area (Å²) in [4.78, 5) is 6.21. The number of hydrogen-bond acceptors (Lipinski definition) is 2. The molecule has 0 unspecified atom stereocenters. The molecular weight excluding hydrogens is 210 g/mol. The lowest BCUT2D eigenvalue weighted by Gasteiger charge is -2.20. The molecule has 1 aromatic rings. The van der Waals surface area contributed by atoms with Crippen LogP contribution >= 0.6 is 0 Å². The third-order valence-electron chi connectivity index (χ3n) is 3.81. The van der Waals surface area contributed by atoms with Gasteiger partial charge in [-0.1, -0.05) is 6.07 Å². The molecule has 0 N–H and O–H groups in total. The summed E-state index contributed by atoms with van der Waals surface area (Å²) in [5.74, 6) is -1.95. The minimum Gasteiger partial charge on any atom is -0.356 e. The van der Waals surface area contributed by atoms with Crippen molar-refractivity contribution in [3.63, 3.8) is 0 Å². The van der Waals surface area contributed by atoms with Gasteiger partial charge in [0.25, 0.3) is 5.92 Å². The van der Waals surface area contributed by atoms with Crippen LogP contribution in [0.15, 0.2) is 24.4 Å². The zero-order valence-corrected chi connectivity index (χ0v) is 8.94. The van der Waals surface area contributed by atoms with Crippen LogP contribution in [-0.2, 0) is 0 Å². The van der Waals surface area contributed by atoms with E-state index >= 15 is 0 Å². The monoisotopic (exact) mass is 224 g/mol. The van der Waals surface area contributed by atoms with E-state index in [-0.39, 0.29) is 12.3 Å². The first kappa shape index (κ1) is 10.00. The third-order valence-corrected chi connectivity index (χ3v) is 3.81. The van der Waals surface area contributed by atoms with Crippen molar-refractivity contribution in [3.8, 4) is 0 Å². The van der Waals surface area contributed by atoms with Crippen LogP contribution in [0.4, 0.5) is 14.6 Å². The van der Waals surface area contributed by atoms with Crippen LogP contribution < -0.4 is 4.90 Å². The maximum absolute atomic E-state index is 13.5. The molecule has 2 heterocycles. The van der Waals surface area contributed by atoms with Crippen LogP contribution in [0.3, 0.4) is 0 Å².